The molecule has 1 N–H and O–H groups in total. The Morgan fingerprint density at radius 3 is 2.79 bits per heavy atom. The average molecular weight is 339 g/mol. The predicted molar refractivity (Wildman–Crippen MR) is 95.8 cm³/mol. The minimum Gasteiger partial charge on any atom is -0.310 e. The molecule has 0 aliphatic carbocycles. The van der Waals surface area contributed by atoms with Gasteiger partial charge in [0.05, 0.1) is 17.8 Å². The van der Waals surface area contributed by atoms with Crippen molar-refractivity contribution in [2.24, 2.45) is 0 Å². The van der Waals surface area contributed by atoms with Crippen molar-refractivity contribution in [3.8, 4) is 0 Å². The van der Waals surface area contributed by atoms with Gasteiger partial charge in [-0.2, -0.15) is 0 Å². The summed E-state index contributed by atoms with van der Waals surface area (Å²) in [4.78, 5) is 28.6. The van der Waals surface area contributed by atoms with Gasteiger partial charge in [0.15, 0.2) is 5.13 Å². The number of anilines is 1. The summed E-state index contributed by atoms with van der Waals surface area (Å²) in [6.07, 6.45) is 1.58. The Hall–Kier alpha value is -2.73. The SMILES string of the molecule is Cc1cccc(Cn2cc(C(=O)Nc3nc(C)cs3)ccc2=O)c1. The summed E-state index contributed by atoms with van der Waals surface area (Å²) in [7, 11) is 0. The van der Waals surface area contributed by atoms with Crippen LogP contribution in [0.2, 0.25) is 0 Å². The fourth-order valence-corrected chi connectivity index (χ4v) is 3.06. The van der Waals surface area contributed by atoms with E-state index in [1.54, 1.807) is 6.20 Å². The van der Waals surface area contributed by atoms with Crippen molar-refractivity contribution in [1.82, 2.24) is 9.55 Å². The van der Waals surface area contributed by atoms with Gasteiger partial charge in [-0.25, -0.2) is 4.98 Å². The second-order valence-corrected chi connectivity index (χ2v) is 6.48. The molecule has 0 fully saturated rings. The van der Waals surface area contributed by atoms with Crippen molar-refractivity contribution >= 4 is 22.4 Å². The summed E-state index contributed by atoms with van der Waals surface area (Å²) >= 11 is 1.37. The molecule has 2 aromatic heterocycles. The second-order valence-electron chi connectivity index (χ2n) is 5.62. The number of hydrogen-bond donors (Lipinski definition) is 1. The lowest BCUT2D eigenvalue weighted by molar-refractivity contribution is 0.102. The summed E-state index contributed by atoms with van der Waals surface area (Å²) in [5.74, 6) is -0.276. The third-order valence-corrected chi connectivity index (χ3v) is 4.40. The Morgan fingerprint density at radius 2 is 2.08 bits per heavy atom. The molecule has 0 saturated carbocycles. The van der Waals surface area contributed by atoms with E-state index in [4.69, 9.17) is 0 Å². The molecule has 0 aliphatic rings. The molecule has 6 heteroatoms. The van der Waals surface area contributed by atoms with Crippen LogP contribution >= 0.6 is 11.3 Å². The van der Waals surface area contributed by atoms with Crippen LogP contribution in [0.15, 0.2) is 52.8 Å². The summed E-state index contributed by atoms with van der Waals surface area (Å²) < 4.78 is 1.54. The average Bonchev–Trinajstić information content (AvgIpc) is 2.94. The van der Waals surface area contributed by atoms with Gasteiger partial charge < -0.3 is 4.57 Å². The lowest BCUT2D eigenvalue weighted by Crippen LogP contribution is -2.22. The third-order valence-electron chi connectivity index (χ3n) is 3.52. The van der Waals surface area contributed by atoms with Gasteiger partial charge >= 0.3 is 0 Å². The first-order valence-corrected chi connectivity index (χ1v) is 8.39. The van der Waals surface area contributed by atoms with E-state index in [2.05, 4.69) is 10.3 Å². The number of benzene rings is 1. The Balaban J connectivity index is 1.83. The van der Waals surface area contributed by atoms with Crippen LogP contribution in [0.5, 0.6) is 0 Å². The fraction of sp³-hybridized carbons (Fsp3) is 0.167. The molecule has 0 aliphatic heterocycles. The van der Waals surface area contributed by atoms with Gasteiger partial charge in [-0.05, 0) is 25.5 Å². The maximum absolute atomic E-state index is 12.3. The van der Waals surface area contributed by atoms with Crippen LogP contribution in [0.4, 0.5) is 5.13 Å². The normalized spacial score (nSPS) is 10.6. The topological polar surface area (TPSA) is 64.0 Å². The van der Waals surface area contributed by atoms with E-state index in [-0.39, 0.29) is 11.5 Å². The number of amides is 1. The van der Waals surface area contributed by atoms with Crippen LogP contribution in [0.1, 0.15) is 27.2 Å². The molecule has 5 nitrogen and oxygen atoms in total. The second kappa shape index (κ2) is 6.80. The van der Waals surface area contributed by atoms with E-state index in [1.165, 1.54) is 28.0 Å². The number of carbonyl (C=O) groups excluding carboxylic acids is 1. The minimum absolute atomic E-state index is 0.141. The first-order valence-electron chi connectivity index (χ1n) is 7.51. The van der Waals surface area contributed by atoms with Gasteiger partial charge in [0.2, 0.25) is 0 Å². The van der Waals surface area contributed by atoms with Crippen LogP contribution in [0.25, 0.3) is 0 Å². The molecular formula is C18H17N3O2S. The number of nitrogens with zero attached hydrogens (tertiary/aromatic N) is 2. The first-order chi connectivity index (χ1) is 11.5. The van der Waals surface area contributed by atoms with Gasteiger partial charge in [-0.1, -0.05) is 29.8 Å². The van der Waals surface area contributed by atoms with E-state index < -0.39 is 0 Å². The number of aryl methyl sites for hydroxylation is 2. The van der Waals surface area contributed by atoms with E-state index >= 15 is 0 Å². The summed E-state index contributed by atoms with van der Waals surface area (Å²) in [6.45, 7) is 4.30. The zero-order valence-electron chi connectivity index (χ0n) is 13.4. The maximum Gasteiger partial charge on any atom is 0.258 e. The number of rotatable bonds is 4. The highest BCUT2D eigenvalue weighted by Crippen LogP contribution is 2.15. The summed E-state index contributed by atoms with van der Waals surface area (Å²) in [5, 5.41) is 5.17. The van der Waals surface area contributed by atoms with Crippen LogP contribution in [-0.4, -0.2) is 15.5 Å². The molecule has 2 heterocycles. The van der Waals surface area contributed by atoms with Crippen molar-refractivity contribution < 1.29 is 4.79 Å². The quantitative estimate of drug-likeness (QED) is 0.794. The Labute approximate surface area is 143 Å². The molecule has 0 unspecified atom stereocenters. The lowest BCUT2D eigenvalue weighted by Gasteiger charge is -2.09. The highest BCUT2D eigenvalue weighted by Gasteiger charge is 2.10. The largest absolute Gasteiger partial charge is 0.310 e. The molecule has 0 radical (unpaired) electrons. The standard InChI is InChI=1S/C18H17N3O2S/c1-12-4-3-5-14(8-12)9-21-10-15(6-7-16(21)22)17(23)20-18-19-13(2)11-24-18/h3-8,10-11H,9H2,1-2H3,(H,19,20,23). The smallest absolute Gasteiger partial charge is 0.258 e. The van der Waals surface area contributed by atoms with Crippen molar-refractivity contribution in [2.45, 2.75) is 20.4 Å². The van der Waals surface area contributed by atoms with Gasteiger partial charge in [-0.3, -0.25) is 14.9 Å². The van der Waals surface area contributed by atoms with Crippen molar-refractivity contribution in [2.75, 3.05) is 5.32 Å². The van der Waals surface area contributed by atoms with Crippen LogP contribution in [0.3, 0.4) is 0 Å². The molecule has 0 bridgehead atoms. The highest BCUT2D eigenvalue weighted by molar-refractivity contribution is 7.13. The van der Waals surface area contributed by atoms with E-state index in [0.717, 1.165) is 16.8 Å². The molecule has 3 rings (SSSR count). The van der Waals surface area contributed by atoms with Crippen LogP contribution in [0, 0.1) is 13.8 Å². The molecular weight excluding hydrogens is 322 g/mol. The number of pyridine rings is 1. The Kier molecular flexibility index (Phi) is 4.57. The first kappa shape index (κ1) is 16.1. The summed E-state index contributed by atoms with van der Waals surface area (Å²) in [6, 6.07) is 10.9. The molecule has 122 valence electrons. The van der Waals surface area contributed by atoms with E-state index in [9.17, 15) is 9.59 Å². The number of hydrogen-bond acceptors (Lipinski definition) is 4. The van der Waals surface area contributed by atoms with Crippen LogP contribution < -0.4 is 10.9 Å². The zero-order chi connectivity index (χ0) is 17.1. The molecule has 0 spiro atoms. The van der Waals surface area contributed by atoms with Crippen molar-refractivity contribution in [3.05, 3.63) is 80.7 Å². The third kappa shape index (κ3) is 3.78. The molecule has 3 aromatic rings. The van der Waals surface area contributed by atoms with Crippen molar-refractivity contribution in [3.63, 3.8) is 0 Å². The lowest BCUT2D eigenvalue weighted by atomic mass is 10.1. The van der Waals surface area contributed by atoms with Crippen molar-refractivity contribution in [1.29, 1.82) is 0 Å². The Bertz CT molecular complexity index is 943. The number of aromatic nitrogens is 2. The predicted octanol–water partition coefficient (Wildman–Crippen LogP) is 3.22. The van der Waals surface area contributed by atoms with Gasteiger partial charge in [-0.15, -0.1) is 11.3 Å². The molecule has 0 saturated heterocycles. The van der Waals surface area contributed by atoms with E-state index in [1.807, 2.05) is 43.5 Å². The number of thiazole rings is 1. The minimum atomic E-state index is -0.276. The molecule has 1 aromatic carbocycles. The zero-order valence-corrected chi connectivity index (χ0v) is 14.3. The van der Waals surface area contributed by atoms with E-state index in [0.29, 0.717) is 17.2 Å². The van der Waals surface area contributed by atoms with Gasteiger partial charge in [0.1, 0.15) is 0 Å². The molecule has 1 amide bonds. The molecule has 0 atom stereocenters. The molecule has 24 heavy (non-hydrogen) atoms. The van der Waals surface area contributed by atoms with Gasteiger partial charge in [0.25, 0.3) is 11.5 Å². The highest BCUT2D eigenvalue weighted by atomic mass is 32.1. The fourth-order valence-electron chi connectivity index (χ4n) is 2.38. The maximum atomic E-state index is 12.3. The number of carbonyl (C=O) groups is 1. The Morgan fingerprint density at radius 1 is 1.25 bits per heavy atom. The van der Waals surface area contributed by atoms with Crippen LogP contribution in [-0.2, 0) is 6.54 Å². The summed E-state index contributed by atoms with van der Waals surface area (Å²) in [5.41, 5.74) is 3.30. The monoisotopic (exact) mass is 339 g/mol. The van der Waals surface area contributed by atoms with Gasteiger partial charge in [0, 0.05) is 17.6 Å². The number of nitrogens with one attached hydrogen (secondary N) is 1.